The van der Waals surface area contributed by atoms with Crippen molar-refractivity contribution in [3.05, 3.63) is 52.5 Å². The summed E-state index contributed by atoms with van der Waals surface area (Å²) in [4.78, 5) is 0. The van der Waals surface area contributed by atoms with Gasteiger partial charge in [0.15, 0.2) is 0 Å². The van der Waals surface area contributed by atoms with Gasteiger partial charge in [-0.25, -0.2) is 0 Å². The number of phenols is 1. The maximum Gasteiger partial charge on any atom is 0.120 e. The Hall–Kier alpha value is -1.68. The summed E-state index contributed by atoms with van der Waals surface area (Å²) in [6.07, 6.45) is 0. The quantitative estimate of drug-likeness (QED) is 0.903. The molecule has 0 heterocycles. The lowest BCUT2D eigenvalue weighted by Crippen LogP contribution is -2.00. The van der Waals surface area contributed by atoms with Crippen molar-refractivity contribution in [1.82, 2.24) is 0 Å². The average Bonchev–Trinajstić information content (AvgIpc) is 2.40. The van der Waals surface area contributed by atoms with Gasteiger partial charge in [0.25, 0.3) is 0 Å². The summed E-state index contributed by atoms with van der Waals surface area (Å²) >= 11 is 3.39. The molecule has 2 aromatic rings. The first-order valence-corrected chi connectivity index (χ1v) is 6.33. The number of rotatable bonds is 4. The van der Waals surface area contributed by atoms with E-state index in [1.165, 1.54) is 0 Å². The number of phenolic OH excluding ortho intramolecular Hbond substituents is 1. The third-order valence-corrected chi connectivity index (χ3v) is 3.14. The van der Waals surface area contributed by atoms with Crippen LogP contribution in [0.3, 0.4) is 0 Å². The Bertz CT molecular complexity index is 526. The zero-order valence-corrected chi connectivity index (χ0v) is 11.6. The summed E-state index contributed by atoms with van der Waals surface area (Å²) in [6.45, 7) is 0.546. The molecule has 4 heteroatoms. The van der Waals surface area contributed by atoms with Gasteiger partial charge in [-0.2, -0.15) is 0 Å². The van der Waals surface area contributed by atoms with Crippen molar-refractivity contribution in [2.24, 2.45) is 0 Å². The highest BCUT2D eigenvalue weighted by molar-refractivity contribution is 9.10. The van der Waals surface area contributed by atoms with Gasteiger partial charge in [-0.1, -0.05) is 15.9 Å². The number of aromatic hydroxyl groups is 1. The molecule has 0 fully saturated rings. The second kappa shape index (κ2) is 5.78. The van der Waals surface area contributed by atoms with Crippen LogP contribution < -0.4 is 10.1 Å². The van der Waals surface area contributed by atoms with Crippen molar-refractivity contribution < 1.29 is 9.84 Å². The number of nitrogens with one attached hydrogen (secondary N) is 1. The molecule has 0 saturated carbocycles. The van der Waals surface area contributed by atoms with Gasteiger partial charge in [0.2, 0.25) is 0 Å². The van der Waals surface area contributed by atoms with E-state index in [9.17, 15) is 5.11 Å². The highest BCUT2D eigenvalue weighted by Gasteiger charge is 2.03. The molecule has 0 bridgehead atoms. The van der Waals surface area contributed by atoms with Crippen LogP contribution in [-0.2, 0) is 6.54 Å². The third kappa shape index (κ3) is 3.17. The molecule has 0 aliphatic rings. The smallest absolute Gasteiger partial charge is 0.120 e. The first-order valence-electron chi connectivity index (χ1n) is 5.54. The van der Waals surface area contributed by atoms with E-state index >= 15 is 0 Å². The molecule has 0 aliphatic carbocycles. The first-order chi connectivity index (χ1) is 8.69. The van der Waals surface area contributed by atoms with Gasteiger partial charge in [-0.05, 0) is 42.5 Å². The number of methoxy groups -OCH3 is 1. The maximum absolute atomic E-state index is 9.75. The van der Waals surface area contributed by atoms with Crippen LogP contribution in [0.15, 0.2) is 46.9 Å². The van der Waals surface area contributed by atoms with E-state index in [1.54, 1.807) is 19.2 Å². The number of halogens is 1. The highest BCUT2D eigenvalue weighted by atomic mass is 79.9. The fourth-order valence-corrected chi connectivity index (χ4v) is 1.86. The lowest BCUT2D eigenvalue weighted by atomic mass is 10.2. The lowest BCUT2D eigenvalue weighted by Gasteiger charge is -2.09. The van der Waals surface area contributed by atoms with E-state index in [1.807, 2.05) is 30.3 Å². The van der Waals surface area contributed by atoms with Crippen LogP contribution in [0.25, 0.3) is 0 Å². The standard InChI is InChI=1S/C14H14BrNO2/c1-18-13-6-7-14(17)10(8-13)9-16-12-4-2-11(15)3-5-12/h2-8,16-17H,9H2,1H3. The lowest BCUT2D eigenvalue weighted by molar-refractivity contribution is 0.411. The molecule has 0 atom stereocenters. The fourth-order valence-electron chi connectivity index (χ4n) is 1.60. The van der Waals surface area contributed by atoms with Crippen LogP contribution in [0, 0.1) is 0 Å². The zero-order chi connectivity index (χ0) is 13.0. The molecule has 0 saturated heterocycles. The average molecular weight is 308 g/mol. The van der Waals surface area contributed by atoms with E-state index in [4.69, 9.17) is 4.74 Å². The topological polar surface area (TPSA) is 41.5 Å². The minimum atomic E-state index is 0.264. The predicted molar refractivity (Wildman–Crippen MR) is 76.1 cm³/mol. The predicted octanol–water partition coefficient (Wildman–Crippen LogP) is 3.78. The van der Waals surface area contributed by atoms with Crippen molar-refractivity contribution in [3.8, 4) is 11.5 Å². The number of ether oxygens (including phenoxy) is 1. The van der Waals surface area contributed by atoms with Gasteiger partial charge in [0, 0.05) is 22.3 Å². The van der Waals surface area contributed by atoms with E-state index < -0.39 is 0 Å². The van der Waals surface area contributed by atoms with Crippen molar-refractivity contribution in [2.75, 3.05) is 12.4 Å². The second-order valence-corrected chi connectivity index (χ2v) is 4.77. The molecule has 0 aliphatic heterocycles. The van der Waals surface area contributed by atoms with Crippen molar-refractivity contribution in [1.29, 1.82) is 0 Å². The van der Waals surface area contributed by atoms with Gasteiger partial charge in [0.05, 0.1) is 7.11 Å². The molecule has 18 heavy (non-hydrogen) atoms. The Morgan fingerprint density at radius 1 is 1.17 bits per heavy atom. The highest BCUT2D eigenvalue weighted by Crippen LogP contribution is 2.24. The Labute approximate surface area is 115 Å². The molecular formula is C14H14BrNO2. The number of anilines is 1. The molecule has 2 rings (SSSR count). The van der Waals surface area contributed by atoms with Crippen LogP contribution in [-0.4, -0.2) is 12.2 Å². The molecule has 0 aromatic heterocycles. The van der Waals surface area contributed by atoms with Gasteiger partial charge >= 0.3 is 0 Å². The molecule has 3 nitrogen and oxygen atoms in total. The molecule has 0 spiro atoms. The molecule has 2 N–H and O–H groups in total. The van der Waals surface area contributed by atoms with Gasteiger partial charge in [-0.15, -0.1) is 0 Å². The van der Waals surface area contributed by atoms with Crippen LogP contribution in [0.5, 0.6) is 11.5 Å². The SMILES string of the molecule is COc1ccc(O)c(CNc2ccc(Br)cc2)c1. The van der Waals surface area contributed by atoms with Crippen molar-refractivity contribution in [3.63, 3.8) is 0 Å². The summed E-state index contributed by atoms with van der Waals surface area (Å²) in [5, 5.41) is 13.0. The van der Waals surface area contributed by atoms with Crippen molar-refractivity contribution >= 4 is 21.6 Å². The molecule has 2 aromatic carbocycles. The summed E-state index contributed by atoms with van der Waals surface area (Å²) in [7, 11) is 1.61. The number of benzene rings is 2. The van der Waals surface area contributed by atoms with Crippen LogP contribution in [0.1, 0.15) is 5.56 Å². The minimum Gasteiger partial charge on any atom is -0.508 e. The summed E-state index contributed by atoms with van der Waals surface area (Å²) in [5.41, 5.74) is 1.80. The monoisotopic (exact) mass is 307 g/mol. The Morgan fingerprint density at radius 2 is 1.89 bits per heavy atom. The summed E-state index contributed by atoms with van der Waals surface area (Å²) < 4.78 is 6.17. The normalized spacial score (nSPS) is 10.1. The van der Waals surface area contributed by atoms with E-state index in [2.05, 4.69) is 21.2 Å². The van der Waals surface area contributed by atoms with Gasteiger partial charge in [0.1, 0.15) is 11.5 Å². The fraction of sp³-hybridized carbons (Fsp3) is 0.143. The Kier molecular flexibility index (Phi) is 4.10. The van der Waals surface area contributed by atoms with Gasteiger partial charge in [-0.3, -0.25) is 0 Å². The second-order valence-electron chi connectivity index (χ2n) is 3.86. The zero-order valence-electron chi connectivity index (χ0n) is 9.98. The van der Waals surface area contributed by atoms with Crippen molar-refractivity contribution in [2.45, 2.75) is 6.54 Å². The molecular weight excluding hydrogens is 294 g/mol. The van der Waals surface area contributed by atoms with E-state index in [-0.39, 0.29) is 5.75 Å². The molecule has 0 radical (unpaired) electrons. The Morgan fingerprint density at radius 3 is 2.56 bits per heavy atom. The van der Waals surface area contributed by atoms with Crippen LogP contribution >= 0.6 is 15.9 Å². The summed E-state index contributed by atoms with van der Waals surface area (Å²) in [6, 6.07) is 13.1. The number of hydrogen-bond donors (Lipinski definition) is 2. The largest absolute Gasteiger partial charge is 0.508 e. The number of hydrogen-bond acceptors (Lipinski definition) is 3. The first kappa shape index (κ1) is 12.8. The third-order valence-electron chi connectivity index (χ3n) is 2.61. The Balaban J connectivity index is 2.07. The van der Waals surface area contributed by atoms with Crippen LogP contribution in [0.2, 0.25) is 0 Å². The van der Waals surface area contributed by atoms with E-state index in [0.29, 0.717) is 6.54 Å². The maximum atomic E-state index is 9.75. The molecule has 0 amide bonds. The summed E-state index contributed by atoms with van der Waals surface area (Å²) in [5.74, 6) is 1.00. The molecule has 0 unspecified atom stereocenters. The van der Waals surface area contributed by atoms with Crippen LogP contribution in [0.4, 0.5) is 5.69 Å². The van der Waals surface area contributed by atoms with E-state index in [0.717, 1.165) is 21.5 Å². The van der Waals surface area contributed by atoms with Gasteiger partial charge < -0.3 is 15.2 Å². The molecule has 94 valence electrons. The minimum absolute atomic E-state index is 0.264.